The SMILES string of the molecule is [2H]c1sc(C([2H])(C([2H])([2H])[2H])C([2H])([2H])C([2H])([2H])[2H])c([2H])c1Br. The third kappa shape index (κ3) is 1.83. The monoisotopic (exact) mass is 229 g/mol. The van der Waals surface area contributed by atoms with Gasteiger partial charge < -0.3 is 0 Å². The first-order valence-electron chi connectivity index (χ1n) is 7.85. The molecule has 1 heterocycles. The standard InChI is InChI=1S/C8H11BrS/c1-3-6(2)8-4-7(9)5-10-8/h4-6H,3H2,1-2H3/i1D3,2D3,3D2,4D,5D,6D. The van der Waals surface area contributed by atoms with Crippen molar-refractivity contribution < 1.29 is 15.1 Å². The van der Waals surface area contributed by atoms with Gasteiger partial charge >= 0.3 is 0 Å². The summed E-state index contributed by atoms with van der Waals surface area (Å²) in [7, 11) is 0. The molecule has 0 nitrogen and oxygen atoms in total. The van der Waals surface area contributed by atoms with Crippen molar-refractivity contribution in [2.24, 2.45) is 0 Å². The summed E-state index contributed by atoms with van der Waals surface area (Å²) < 4.78 is 82.7. The van der Waals surface area contributed by atoms with Crippen molar-refractivity contribution in [3.05, 3.63) is 20.7 Å². The molecule has 0 aromatic carbocycles. The van der Waals surface area contributed by atoms with E-state index in [1.54, 1.807) is 0 Å². The molecule has 56 valence electrons. The van der Waals surface area contributed by atoms with Crippen LogP contribution >= 0.6 is 27.3 Å². The van der Waals surface area contributed by atoms with Crippen LogP contribution in [-0.2, 0) is 0 Å². The molecule has 1 atom stereocenters. The van der Waals surface area contributed by atoms with Crippen molar-refractivity contribution in [2.75, 3.05) is 0 Å². The zero-order valence-electron chi connectivity index (χ0n) is 15.8. The average Bonchev–Trinajstić information content (AvgIpc) is 2.53. The molecule has 1 unspecified atom stereocenters. The van der Waals surface area contributed by atoms with Crippen molar-refractivity contribution in [1.29, 1.82) is 0 Å². The fourth-order valence-corrected chi connectivity index (χ4v) is 1.54. The maximum absolute atomic E-state index is 8.11. The van der Waals surface area contributed by atoms with E-state index in [-0.39, 0.29) is 9.83 Å². The lowest BCUT2D eigenvalue weighted by molar-refractivity contribution is 0.748. The first-order valence-corrected chi connectivity index (χ1v) is 3.96. The summed E-state index contributed by atoms with van der Waals surface area (Å²) in [6, 6.07) is -0.552. The summed E-state index contributed by atoms with van der Waals surface area (Å²) in [5, 5.41) is -0.266. The minimum Gasteiger partial charge on any atom is -0.147 e. The second-order valence-electron chi connectivity index (χ2n) is 1.47. The number of rotatable bonds is 2. The largest absolute Gasteiger partial charge is 0.147 e. The zero-order valence-corrected chi connectivity index (χ0v) is 7.19. The molecule has 0 aliphatic rings. The van der Waals surface area contributed by atoms with Gasteiger partial charge in [0.15, 0.2) is 0 Å². The van der Waals surface area contributed by atoms with Crippen molar-refractivity contribution in [1.82, 2.24) is 0 Å². The Morgan fingerprint density at radius 1 is 2.20 bits per heavy atom. The van der Waals surface area contributed by atoms with Crippen LogP contribution in [0.2, 0.25) is 0 Å². The molecule has 0 amide bonds. The van der Waals surface area contributed by atoms with Gasteiger partial charge in [0.05, 0.1) is 2.74 Å². The molecule has 0 N–H and O–H groups in total. The fourth-order valence-electron chi connectivity index (χ4n) is 0.417. The van der Waals surface area contributed by atoms with E-state index < -0.39 is 36.9 Å². The van der Waals surface area contributed by atoms with Crippen molar-refractivity contribution in [3.8, 4) is 0 Å². The summed E-state index contributed by atoms with van der Waals surface area (Å²) in [4.78, 5) is -0.611. The van der Waals surface area contributed by atoms with E-state index in [1.165, 1.54) is 0 Å². The van der Waals surface area contributed by atoms with Gasteiger partial charge in [0.1, 0.15) is 0 Å². The van der Waals surface area contributed by atoms with E-state index in [0.717, 1.165) is 0 Å². The van der Waals surface area contributed by atoms with Gasteiger partial charge in [0.25, 0.3) is 0 Å². The van der Waals surface area contributed by atoms with Crippen LogP contribution in [0.4, 0.5) is 0 Å². The van der Waals surface area contributed by atoms with Gasteiger partial charge in [0.2, 0.25) is 0 Å². The predicted molar refractivity (Wildman–Crippen MR) is 50.7 cm³/mol. The third-order valence-corrected chi connectivity index (χ3v) is 2.29. The van der Waals surface area contributed by atoms with E-state index in [2.05, 4.69) is 15.9 Å². The Labute approximate surface area is 89.9 Å². The van der Waals surface area contributed by atoms with Crippen LogP contribution < -0.4 is 0 Å². The Morgan fingerprint density at radius 2 is 3.10 bits per heavy atom. The highest BCUT2D eigenvalue weighted by Crippen LogP contribution is 2.28. The molecular formula is C8H11BrS. The highest BCUT2D eigenvalue weighted by Gasteiger charge is 2.04. The van der Waals surface area contributed by atoms with Gasteiger partial charge in [0, 0.05) is 27.0 Å². The summed E-state index contributed by atoms with van der Waals surface area (Å²) >= 11 is 3.29. The molecule has 0 saturated heterocycles. The second-order valence-corrected chi connectivity index (χ2v) is 3.08. The molecule has 0 radical (unpaired) electrons. The van der Waals surface area contributed by atoms with Crippen molar-refractivity contribution in [2.45, 2.75) is 26.0 Å². The van der Waals surface area contributed by atoms with Crippen LogP contribution in [0.1, 0.15) is 45.9 Å². The minimum atomic E-state index is -3.43. The lowest BCUT2D eigenvalue weighted by atomic mass is 10.1. The highest BCUT2D eigenvalue weighted by atomic mass is 79.9. The Hall–Kier alpha value is 0.180. The van der Waals surface area contributed by atoms with Gasteiger partial charge in [-0.05, 0) is 34.2 Å². The highest BCUT2D eigenvalue weighted by molar-refractivity contribution is 9.10. The van der Waals surface area contributed by atoms with Gasteiger partial charge in [-0.25, -0.2) is 0 Å². The maximum Gasteiger partial charge on any atom is 0.0752 e. The Morgan fingerprint density at radius 3 is 3.60 bits per heavy atom. The number of thiophene rings is 1. The molecule has 0 saturated carbocycles. The summed E-state index contributed by atoms with van der Waals surface area (Å²) in [5.74, 6) is -3.19. The van der Waals surface area contributed by atoms with Gasteiger partial charge in [-0.3, -0.25) is 0 Å². The molecule has 2 heteroatoms. The molecule has 1 aromatic rings. The lowest BCUT2D eigenvalue weighted by Gasteiger charge is -2.02. The summed E-state index contributed by atoms with van der Waals surface area (Å²) in [5.41, 5.74) is 0. The zero-order chi connectivity index (χ0) is 17.0. The topological polar surface area (TPSA) is 0 Å². The van der Waals surface area contributed by atoms with Crippen LogP contribution in [0.15, 0.2) is 15.9 Å². The second kappa shape index (κ2) is 3.54. The van der Waals surface area contributed by atoms with Crippen molar-refractivity contribution >= 4 is 27.3 Å². The van der Waals surface area contributed by atoms with Gasteiger partial charge in [-0.15, -0.1) is 11.3 Å². The summed E-state index contributed by atoms with van der Waals surface area (Å²) in [6.45, 7) is -6.72. The van der Waals surface area contributed by atoms with E-state index in [4.69, 9.17) is 15.1 Å². The fraction of sp³-hybridized carbons (Fsp3) is 0.500. The molecule has 0 aliphatic heterocycles. The Kier molecular flexibility index (Phi) is 0.676. The minimum absolute atomic E-state index is 0.0929. The maximum atomic E-state index is 8.11. The number of halogens is 1. The summed E-state index contributed by atoms with van der Waals surface area (Å²) in [6.07, 6.45) is -3.43. The quantitative estimate of drug-likeness (QED) is 0.719. The predicted octanol–water partition coefficient (Wildman–Crippen LogP) is 4.02. The van der Waals surface area contributed by atoms with Gasteiger partial charge in [-0.1, -0.05) is 13.7 Å². The van der Waals surface area contributed by atoms with E-state index in [1.807, 2.05) is 0 Å². The molecule has 1 rings (SSSR count). The molecular weight excluding hydrogens is 208 g/mol. The van der Waals surface area contributed by atoms with Crippen LogP contribution in [0, 0.1) is 0 Å². The Balaban J connectivity index is 3.76. The Bertz CT molecular complexity index is 542. The van der Waals surface area contributed by atoms with Crippen LogP contribution in [0.3, 0.4) is 0 Å². The van der Waals surface area contributed by atoms with E-state index >= 15 is 0 Å². The average molecular weight is 230 g/mol. The van der Waals surface area contributed by atoms with Crippen molar-refractivity contribution in [3.63, 3.8) is 0 Å². The normalized spacial score (nSPS) is 36.7. The van der Waals surface area contributed by atoms with E-state index in [0.29, 0.717) is 11.3 Å². The number of hydrogen-bond donors (Lipinski definition) is 0. The molecule has 0 aliphatic carbocycles. The van der Waals surface area contributed by atoms with Crippen LogP contribution in [0.5, 0.6) is 0 Å². The molecule has 0 spiro atoms. The smallest absolute Gasteiger partial charge is 0.0752 e. The molecule has 10 heavy (non-hydrogen) atoms. The third-order valence-electron chi connectivity index (χ3n) is 0.818. The lowest BCUT2D eigenvalue weighted by Crippen LogP contribution is -1.84. The van der Waals surface area contributed by atoms with Crippen LogP contribution in [0.25, 0.3) is 0 Å². The first kappa shape index (κ1) is 1.91. The van der Waals surface area contributed by atoms with Crippen LogP contribution in [-0.4, -0.2) is 0 Å². The molecule has 0 bridgehead atoms. The molecule has 1 aromatic heterocycles. The van der Waals surface area contributed by atoms with Gasteiger partial charge in [-0.2, -0.15) is 0 Å². The molecule has 0 fully saturated rings. The number of hydrogen-bond acceptors (Lipinski definition) is 1. The first-order chi connectivity index (χ1) is 9.09. The van der Waals surface area contributed by atoms with E-state index in [9.17, 15) is 0 Å².